The standard InChI is InChI=1S/C31H19F3O/c32-31(33,34)27-13-6-14-29-30(27)26-19-25(15-16-28(26)35-29)24-12-5-11-23(18-24)22-10-4-9-21(17-22)20-7-2-1-3-8-20/h1-19H. The van der Waals surface area contributed by atoms with Gasteiger partial charge in [0.15, 0.2) is 0 Å². The van der Waals surface area contributed by atoms with Crippen LogP contribution in [0.5, 0.6) is 0 Å². The number of hydrogen-bond acceptors (Lipinski definition) is 1. The Morgan fingerprint density at radius 2 is 1.00 bits per heavy atom. The Hall–Kier alpha value is -4.31. The summed E-state index contributed by atoms with van der Waals surface area (Å²) in [7, 11) is 0. The third-order valence-electron chi connectivity index (χ3n) is 6.30. The van der Waals surface area contributed by atoms with Crippen LogP contribution in [0.2, 0.25) is 0 Å². The van der Waals surface area contributed by atoms with E-state index in [0.717, 1.165) is 39.4 Å². The molecule has 1 nitrogen and oxygen atoms in total. The van der Waals surface area contributed by atoms with Crippen molar-refractivity contribution in [3.8, 4) is 33.4 Å². The molecule has 0 saturated heterocycles. The fraction of sp³-hybridized carbons (Fsp3) is 0.0323. The smallest absolute Gasteiger partial charge is 0.417 e. The van der Waals surface area contributed by atoms with Crippen molar-refractivity contribution in [2.75, 3.05) is 0 Å². The SMILES string of the molecule is FC(F)(F)c1cccc2oc3ccc(-c4cccc(-c5cccc(-c6ccccc6)c5)c4)cc3c12. The van der Waals surface area contributed by atoms with Gasteiger partial charge in [-0.3, -0.25) is 0 Å². The summed E-state index contributed by atoms with van der Waals surface area (Å²) in [6.45, 7) is 0. The molecule has 0 aliphatic heterocycles. The maximum atomic E-state index is 13.7. The van der Waals surface area contributed by atoms with Gasteiger partial charge in [0.25, 0.3) is 0 Å². The van der Waals surface area contributed by atoms with Gasteiger partial charge < -0.3 is 4.42 Å². The molecule has 35 heavy (non-hydrogen) atoms. The number of fused-ring (bicyclic) bond motifs is 3. The Morgan fingerprint density at radius 1 is 0.457 bits per heavy atom. The van der Waals surface area contributed by atoms with Gasteiger partial charge in [-0.1, -0.05) is 78.9 Å². The van der Waals surface area contributed by atoms with E-state index in [1.54, 1.807) is 18.2 Å². The normalized spacial score (nSPS) is 11.9. The van der Waals surface area contributed by atoms with Crippen molar-refractivity contribution in [2.45, 2.75) is 6.18 Å². The van der Waals surface area contributed by atoms with Gasteiger partial charge >= 0.3 is 6.18 Å². The zero-order chi connectivity index (χ0) is 24.0. The minimum absolute atomic E-state index is 0.101. The summed E-state index contributed by atoms with van der Waals surface area (Å²) in [5, 5.41) is 0.561. The molecule has 0 bridgehead atoms. The van der Waals surface area contributed by atoms with Crippen LogP contribution >= 0.6 is 0 Å². The first-order chi connectivity index (χ1) is 17.0. The Kier molecular flexibility index (Phi) is 4.96. The predicted octanol–water partition coefficient (Wildman–Crippen LogP) is 9.61. The summed E-state index contributed by atoms with van der Waals surface area (Å²) >= 11 is 0. The average molecular weight is 464 g/mol. The van der Waals surface area contributed by atoms with Crippen LogP contribution < -0.4 is 0 Å². The van der Waals surface area contributed by atoms with Crippen molar-refractivity contribution in [3.05, 3.63) is 121 Å². The minimum atomic E-state index is -4.46. The van der Waals surface area contributed by atoms with E-state index < -0.39 is 11.7 Å². The summed E-state index contributed by atoms with van der Waals surface area (Å²) in [5.41, 5.74) is 6.12. The van der Waals surface area contributed by atoms with Gasteiger partial charge in [-0.05, 0) is 69.8 Å². The molecule has 0 fully saturated rings. The van der Waals surface area contributed by atoms with Crippen LogP contribution in [-0.2, 0) is 6.18 Å². The number of hydrogen-bond donors (Lipinski definition) is 0. The molecule has 0 spiro atoms. The molecule has 0 radical (unpaired) electrons. The molecule has 1 heterocycles. The van der Waals surface area contributed by atoms with E-state index in [-0.39, 0.29) is 11.0 Å². The van der Waals surface area contributed by atoms with Gasteiger partial charge in [0.05, 0.1) is 5.56 Å². The van der Waals surface area contributed by atoms with E-state index in [0.29, 0.717) is 11.0 Å². The summed E-state index contributed by atoms with van der Waals surface area (Å²) in [6, 6.07) is 36.0. The third kappa shape index (κ3) is 3.87. The molecule has 0 atom stereocenters. The lowest BCUT2D eigenvalue weighted by Crippen LogP contribution is -2.04. The van der Waals surface area contributed by atoms with Crippen LogP contribution in [0.1, 0.15) is 5.56 Å². The quantitative estimate of drug-likeness (QED) is 0.254. The first kappa shape index (κ1) is 21.2. The Labute approximate surface area is 200 Å². The molecular weight excluding hydrogens is 445 g/mol. The first-order valence-electron chi connectivity index (χ1n) is 11.3. The molecule has 6 rings (SSSR count). The summed E-state index contributed by atoms with van der Waals surface area (Å²) in [6.07, 6.45) is -4.46. The second-order valence-corrected chi connectivity index (χ2v) is 8.52. The molecule has 0 saturated carbocycles. The van der Waals surface area contributed by atoms with Crippen molar-refractivity contribution in [1.82, 2.24) is 0 Å². The zero-order valence-electron chi connectivity index (χ0n) is 18.5. The van der Waals surface area contributed by atoms with E-state index in [1.807, 2.05) is 48.5 Å². The average Bonchev–Trinajstić information content (AvgIpc) is 3.27. The molecule has 0 aliphatic rings. The summed E-state index contributed by atoms with van der Waals surface area (Å²) in [4.78, 5) is 0. The zero-order valence-corrected chi connectivity index (χ0v) is 18.5. The van der Waals surface area contributed by atoms with Crippen LogP contribution in [0.4, 0.5) is 13.2 Å². The lowest BCUT2D eigenvalue weighted by molar-refractivity contribution is -0.136. The maximum absolute atomic E-state index is 13.7. The molecule has 5 aromatic carbocycles. The van der Waals surface area contributed by atoms with Crippen LogP contribution in [0, 0.1) is 0 Å². The van der Waals surface area contributed by atoms with Crippen LogP contribution in [0.25, 0.3) is 55.3 Å². The highest BCUT2D eigenvalue weighted by atomic mass is 19.4. The van der Waals surface area contributed by atoms with Gasteiger partial charge in [0.1, 0.15) is 11.2 Å². The second-order valence-electron chi connectivity index (χ2n) is 8.52. The molecule has 6 aromatic rings. The maximum Gasteiger partial charge on any atom is 0.417 e. The van der Waals surface area contributed by atoms with Gasteiger partial charge in [-0.2, -0.15) is 13.2 Å². The number of furan rings is 1. The molecule has 170 valence electrons. The third-order valence-corrected chi connectivity index (χ3v) is 6.30. The number of benzene rings is 5. The van der Waals surface area contributed by atoms with Crippen molar-refractivity contribution in [3.63, 3.8) is 0 Å². The fourth-order valence-corrected chi connectivity index (χ4v) is 4.63. The lowest BCUT2D eigenvalue weighted by Gasteiger charge is -2.09. The van der Waals surface area contributed by atoms with Gasteiger partial charge in [-0.25, -0.2) is 0 Å². The van der Waals surface area contributed by atoms with E-state index >= 15 is 0 Å². The molecule has 0 aliphatic carbocycles. The van der Waals surface area contributed by atoms with Crippen molar-refractivity contribution in [1.29, 1.82) is 0 Å². The van der Waals surface area contributed by atoms with E-state index in [9.17, 15) is 13.2 Å². The highest BCUT2D eigenvalue weighted by Crippen LogP contribution is 2.41. The lowest BCUT2D eigenvalue weighted by atomic mass is 9.95. The number of rotatable bonds is 3. The molecular formula is C31H19F3O. The van der Waals surface area contributed by atoms with Crippen molar-refractivity contribution >= 4 is 21.9 Å². The van der Waals surface area contributed by atoms with Crippen molar-refractivity contribution < 1.29 is 17.6 Å². The number of alkyl halides is 3. The number of halogens is 3. The summed E-state index contributed by atoms with van der Waals surface area (Å²) in [5.74, 6) is 0. The van der Waals surface area contributed by atoms with Gasteiger partial charge in [0.2, 0.25) is 0 Å². The summed E-state index contributed by atoms with van der Waals surface area (Å²) < 4.78 is 46.8. The Bertz CT molecular complexity index is 1680. The highest BCUT2D eigenvalue weighted by Gasteiger charge is 2.34. The largest absolute Gasteiger partial charge is 0.456 e. The molecule has 0 N–H and O–H groups in total. The van der Waals surface area contributed by atoms with Gasteiger partial charge in [-0.15, -0.1) is 0 Å². The second kappa shape index (κ2) is 8.17. The van der Waals surface area contributed by atoms with E-state index in [2.05, 4.69) is 36.4 Å². The molecule has 0 unspecified atom stereocenters. The molecule has 4 heteroatoms. The van der Waals surface area contributed by atoms with E-state index in [1.165, 1.54) is 6.07 Å². The predicted molar refractivity (Wildman–Crippen MR) is 135 cm³/mol. The van der Waals surface area contributed by atoms with E-state index in [4.69, 9.17) is 4.42 Å². The van der Waals surface area contributed by atoms with Crippen LogP contribution in [0.15, 0.2) is 120 Å². The topological polar surface area (TPSA) is 13.1 Å². The van der Waals surface area contributed by atoms with Gasteiger partial charge in [0, 0.05) is 10.8 Å². The highest BCUT2D eigenvalue weighted by molar-refractivity contribution is 6.08. The Morgan fingerprint density at radius 3 is 1.63 bits per heavy atom. The monoisotopic (exact) mass is 464 g/mol. The minimum Gasteiger partial charge on any atom is -0.456 e. The molecule has 1 aromatic heterocycles. The first-order valence-corrected chi connectivity index (χ1v) is 11.3. The van der Waals surface area contributed by atoms with Crippen molar-refractivity contribution in [2.24, 2.45) is 0 Å². The van der Waals surface area contributed by atoms with Crippen LogP contribution in [-0.4, -0.2) is 0 Å². The molecule has 0 amide bonds. The Balaban J connectivity index is 1.46. The fourth-order valence-electron chi connectivity index (χ4n) is 4.63. The van der Waals surface area contributed by atoms with Crippen LogP contribution in [0.3, 0.4) is 0 Å².